The number of carbonyl (C=O) groups is 2. The summed E-state index contributed by atoms with van der Waals surface area (Å²) in [6.07, 6.45) is 1.71. The molecule has 1 atom stereocenters. The number of hydrogen-bond acceptors (Lipinski definition) is 5. The van der Waals surface area contributed by atoms with Gasteiger partial charge < -0.3 is 15.4 Å². The number of nitrogens with one attached hydrogen (secondary N) is 2. The molecule has 1 aliphatic rings. The van der Waals surface area contributed by atoms with Crippen LogP contribution in [0.5, 0.6) is 5.75 Å². The number of halogens is 1. The van der Waals surface area contributed by atoms with Gasteiger partial charge in [-0.25, -0.2) is 12.8 Å². The molecule has 0 unspecified atom stereocenters. The van der Waals surface area contributed by atoms with Gasteiger partial charge >= 0.3 is 11.8 Å². The van der Waals surface area contributed by atoms with Crippen LogP contribution in [-0.2, 0) is 26.0 Å². The van der Waals surface area contributed by atoms with Gasteiger partial charge in [0.25, 0.3) is 0 Å². The summed E-state index contributed by atoms with van der Waals surface area (Å²) >= 11 is 0. The predicted molar refractivity (Wildman–Crippen MR) is 116 cm³/mol. The van der Waals surface area contributed by atoms with Crippen LogP contribution in [-0.4, -0.2) is 57.3 Å². The third-order valence-electron chi connectivity index (χ3n) is 5.31. The lowest BCUT2D eigenvalue weighted by Crippen LogP contribution is -2.47. The van der Waals surface area contributed by atoms with Crippen molar-refractivity contribution in [3.63, 3.8) is 0 Å². The Labute approximate surface area is 186 Å². The van der Waals surface area contributed by atoms with Crippen molar-refractivity contribution in [2.75, 3.05) is 26.7 Å². The molecule has 2 amide bonds. The standard InChI is InChI=1S/C22H26FN3O5S/c1-31-19-8-10-20(11-9-19)32(29,30)26-14-2-3-18(26)15-25-22(28)21(27)24-13-12-16-4-6-17(23)7-5-16/h4-11,18H,2-3,12-15H2,1H3,(H,24,27)(H,25,28)/t18-/m0/s1. The zero-order valence-electron chi connectivity index (χ0n) is 17.7. The highest BCUT2D eigenvalue weighted by atomic mass is 32.2. The van der Waals surface area contributed by atoms with Crippen molar-refractivity contribution >= 4 is 21.8 Å². The number of rotatable bonds is 8. The Morgan fingerprint density at radius 1 is 1.06 bits per heavy atom. The average Bonchev–Trinajstić information content (AvgIpc) is 3.28. The number of ether oxygens (including phenoxy) is 1. The fourth-order valence-corrected chi connectivity index (χ4v) is 5.25. The lowest BCUT2D eigenvalue weighted by molar-refractivity contribution is -0.139. The molecule has 0 saturated carbocycles. The van der Waals surface area contributed by atoms with Gasteiger partial charge in [0.2, 0.25) is 10.0 Å². The van der Waals surface area contributed by atoms with Gasteiger partial charge in [-0.1, -0.05) is 12.1 Å². The van der Waals surface area contributed by atoms with E-state index in [2.05, 4.69) is 10.6 Å². The first-order chi connectivity index (χ1) is 15.3. The largest absolute Gasteiger partial charge is 0.497 e. The number of carbonyl (C=O) groups excluding carboxylic acids is 2. The Kier molecular flexibility index (Phi) is 7.81. The molecular weight excluding hydrogens is 437 g/mol. The van der Waals surface area contributed by atoms with E-state index in [1.165, 1.54) is 35.7 Å². The van der Waals surface area contributed by atoms with E-state index >= 15 is 0 Å². The second kappa shape index (κ2) is 10.6. The molecule has 0 aromatic heterocycles. The zero-order chi connectivity index (χ0) is 23.1. The van der Waals surface area contributed by atoms with Crippen LogP contribution in [0.25, 0.3) is 0 Å². The van der Waals surface area contributed by atoms with Crippen molar-refractivity contribution in [3.05, 3.63) is 59.9 Å². The number of methoxy groups -OCH3 is 1. The molecule has 1 aliphatic heterocycles. The molecule has 8 nitrogen and oxygen atoms in total. The molecule has 3 rings (SSSR count). The molecule has 0 radical (unpaired) electrons. The Bertz CT molecular complexity index is 1040. The summed E-state index contributed by atoms with van der Waals surface area (Å²) < 4.78 is 45.3. The van der Waals surface area contributed by atoms with Gasteiger partial charge in [-0.15, -0.1) is 0 Å². The molecular formula is C22H26FN3O5S. The zero-order valence-corrected chi connectivity index (χ0v) is 18.5. The maximum Gasteiger partial charge on any atom is 0.309 e. The molecule has 0 bridgehead atoms. The van der Waals surface area contributed by atoms with Crippen LogP contribution in [0.1, 0.15) is 18.4 Å². The van der Waals surface area contributed by atoms with Crippen LogP contribution < -0.4 is 15.4 Å². The lowest BCUT2D eigenvalue weighted by atomic mass is 10.1. The molecule has 2 N–H and O–H groups in total. The molecule has 2 aromatic rings. The molecule has 0 aliphatic carbocycles. The average molecular weight is 464 g/mol. The van der Waals surface area contributed by atoms with Crippen LogP contribution >= 0.6 is 0 Å². The van der Waals surface area contributed by atoms with Crippen LogP contribution in [0.2, 0.25) is 0 Å². The predicted octanol–water partition coefficient (Wildman–Crippen LogP) is 1.46. The molecule has 1 heterocycles. The second-order valence-electron chi connectivity index (χ2n) is 7.43. The van der Waals surface area contributed by atoms with Crippen molar-refractivity contribution in [1.29, 1.82) is 0 Å². The van der Waals surface area contributed by atoms with Gasteiger partial charge in [0.05, 0.1) is 12.0 Å². The molecule has 10 heteroatoms. The molecule has 172 valence electrons. The molecule has 0 spiro atoms. The van der Waals surface area contributed by atoms with Crippen molar-refractivity contribution in [2.45, 2.75) is 30.2 Å². The monoisotopic (exact) mass is 463 g/mol. The summed E-state index contributed by atoms with van der Waals surface area (Å²) in [7, 11) is -2.23. The van der Waals surface area contributed by atoms with E-state index in [1.807, 2.05) is 0 Å². The maximum atomic E-state index is 13.0. The number of nitrogens with zero attached hydrogens (tertiary/aromatic N) is 1. The quantitative estimate of drug-likeness (QED) is 0.577. The summed E-state index contributed by atoms with van der Waals surface area (Å²) in [5.74, 6) is -1.40. The highest BCUT2D eigenvalue weighted by Crippen LogP contribution is 2.26. The van der Waals surface area contributed by atoms with Gasteiger partial charge in [-0.3, -0.25) is 9.59 Å². The molecule has 2 aromatic carbocycles. The smallest absolute Gasteiger partial charge is 0.309 e. The fraction of sp³-hybridized carbons (Fsp3) is 0.364. The Balaban J connectivity index is 1.50. The minimum absolute atomic E-state index is 0.0413. The van der Waals surface area contributed by atoms with Gasteiger partial charge in [-0.05, 0) is 61.2 Å². The normalized spacial score (nSPS) is 16.5. The number of sulfonamides is 1. The highest BCUT2D eigenvalue weighted by molar-refractivity contribution is 7.89. The maximum absolute atomic E-state index is 13.0. The first kappa shape index (κ1) is 23.7. The van der Waals surface area contributed by atoms with Gasteiger partial charge in [0.15, 0.2) is 0 Å². The molecule has 1 saturated heterocycles. The first-order valence-electron chi connectivity index (χ1n) is 10.3. The Morgan fingerprint density at radius 2 is 1.72 bits per heavy atom. The molecule has 1 fully saturated rings. The highest BCUT2D eigenvalue weighted by Gasteiger charge is 2.35. The summed E-state index contributed by atoms with van der Waals surface area (Å²) in [6.45, 7) is 0.609. The van der Waals surface area contributed by atoms with Crippen LogP contribution in [0.4, 0.5) is 4.39 Å². The Hall–Kier alpha value is -2.98. The summed E-state index contributed by atoms with van der Waals surface area (Å²) in [4.78, 5) is 24.3. The van der Waals surface area contributed by atoms with Gasteiger partial charge in [0.1, 0.15) is 11.6 Å². The minimum atomic E-state index is -3.73. The van der Waals surface area contributed by atoms with E-state index in [4.69, 9.17) is 4.74 Å². The summed E-state index contributed by atoms with van der Waals surface area (Å²) in [5.41, 5.74) is 0.831. The minimum Gasteiger partial charge on any atom is -0.497 e. The number of benzene rings is 2. The van der Waals surface area contributed by atoms with Crippen LogP contribution in [0.3, 0.4) is 0 Å². The van der Waals surface area contributed by atoms with E-state index in [9.17, 15) is 22.4 Å². The number of hydrogen-bond donors (Lipinski definition) is 2. The van der Waals surface area contributed by atoms with E-state index in [0.29, 0.717) is 31.6 Å². The first-order valence-corrected chi connectivity index (χ1v) is 11.7. The van der Waals surface area contributed by atoms with Crippen molar-refractivity contribution in [3.8, 4) is 5.75 Å². The van der Waals surface area contributed by atoms with E-state index in [1.54, 1.807) is 24.3 Å². The van der Waals surface area contributed by atoms with E-state index < -0.39 is 27.9 Å². The van der Waals surface area contributed by atoms with Crippen LogP contribution in [0.15, 0.2) is 53.4 Å². The van der Waals surface area contributed by atoms with Crippen molar-refractivity contribution in [1.82, 2.24) is 14.9 Å². The Morgan fingerprint density at radius 3 is 2.38 bits per heavy atom. The van der Waals surface area contributed by atoms with Gasteiger partial charge in [0, 0.05) is 25.7 Å². The van der Waals surface area contributed by atoms with Gasteiger partial charge in [-0.2, -0.15) is 4.31 Å². The SMILES string of the molecule is COc1ccc(S(=O)(=O)N2CCC[C@H]2CNC(=O)C(=O)NCCc2ccc(F)cc2)cc1. The third kappa shape index (κ3) is 5.83. The summed E-state index contributed by atoms with van der Waals surface area (Å²) in [6, 6.07) is 11.6. The topological polar surface area (TPSA) is 105 Å². The van der Waals surface area contributed by atoms with E-state index in [0.717, 1.165) is 5.56 Å². The van der Waals surface area contributed by atoms with E-state index in [-0.39, 0.29) is 23.8 Å². The lowest BCUT2D eigenvalue weighted by Gasteiger charge is -2.24. The fourth-order valence-electron chi connectivity index (χ4n) is 3.56. The summed E-state index contributed by atoms with van der Waals surface area (Å²) in [5, 5.41) is 5.04. The number of amides is 2. The van der Waals surface area contributed by atoms with Crippen molar-refractivity contribution < 1.29 is 27.1 Å². The second-order valence-corrected chi connectivity index (χ2v) is 9.32. The van der Waals surface area contributed by atoms with Crippen molar-refractivity contribution in [2.24, 2.45) is 0 Å². The third-order valence-corrected chi connectivity index (χ3v) is 7.27. The molecule has 32 heavy (non-hydrogen) atoms. The van der Waals surface area contributed by atoms with Crippen LogP contribution in [0, 0.1) is 5.82 Å².